The lowest BCUT2D eigenvalue weighted by Crippen LogP contribution is -2.50. The molecule has 0 unspecified atom stereocenters. The van der Waals surface area contributed by atoms with Crippen molar-refractivity contribution < 1.29 is 13.2 Å². The molecule has 5 rings (SSSR count). The predicted molar refractivity (Wildman–Crippen MR) is 158 cm³/mol. The fourth-order valence-corrected chi connectivity index (χ4v) is 7.84. The Morgan fingerprint density at radius 3 is 2.31 bits per heavy atom. The van der Waals surface area contributed by atoms with Gasteiger partial charge in [0.15, 0.2) is 0 Å². The molecular weight excluding hydrogens is 552 g/mol. The normalized spacial score (nSPS) is 14.5. The molecule has 1 amide bonds. The van der Waals surface area contributed by atoms with E-state index in [4.69, 9.17) is 17.0 Å². The van der Waals surface area contributed by atoms with Crippen LogP contribution in [-0.2, 0) is 16.4 Å². The van der Waals surface area contributed by atoms with Gasteiger partial charge in [-0.2, -0.15) is 4.31 Å². The Labute approximate surface area is 237 Å². The van der Waals surface area contributed by atoms with Crippen LogP contribution in [0.25, 0.3) is 10.1 Å². The number of amidine groups is 1. The maximum absolute atomic E-state index is 13.2. The molecule has 0 bridgehead atoms. The number of sulfonamides is 1. The van der Waals surface area contributed by atoms with Crippen molar-refractivity contribution in [2.24, 2.45) is 0 Å². The molecular formula is C29H29ClN4O3S2. The maximum Gasteiger partial charge on any atom is 0.253 e. The summed E-state index contributed by atoms with van der Waals surface area (Å²) in [6.45, 7) is 1.81. The van der Waals surface area contributed by atoms with Gasteiger partial charge in [0.2, 0.25) is 0 Å². The van der Waals surface area contributed by atoms with Crippen molar-refractivity contribution in [2.75, 3.05) is 39.8 Å². The predicted octanol–water partition coefficient (Wildman–Crippen LogP) is 5.20. The van der Waals surface area contributed by atoms with Gasteiger partial charge in [0.05, 0.1) is 0 Å². The van der Waals surface area contributed by atoms with Crippen molar-refractivity contribution in [2.45, 2.75) is 10.6 Å². The smallest absolute Gasteiger partial charge is 0.253 e. The van der Waals surface area contributed by atoms with Crippen molar-refractivity contribution >= 4 is 54.8 Å². The van der Waals surface area contributed by atoms with Crippen molar-refractivity contribution in [3.05, 3.63) is 101 Å². The summed E-state index contributed by atoms with van der Waals surface area (Å²) >= 11 is 7.26. The van der Waals surface area contributed by atoms with Crippen LogP contribution >= 0.6 is 22.9 Å². The number of hydrogen-bond acceptors (Lipinski definition) is 5. The number of nitrogens with zero attached hydrogens (tertiary/aromatic N) is 3. The van der Waals surface area contributed by atoms with Crippen LogP contribution in [-0.4, -0.2) is 74.0 Å². The third-order valence-corrected chi connectivity index (χ3v) is 10.6. The third kappa shape index (κ3) is 6.01. The van der Waals surface area contributed by atoms with Crippen LogP contribution in [0, 0.1) is 5.41 Å². The number of carbonyl (C=O) groups excluding carboxylic acids is 1. The van der Waals surface area contributed by atoms with Crippen LogP contribution in [0.4, 0.5) is 0 Å². The highest BCUT2D eigenvalue weighted by atomic mass is 35.5. The molecule has 39 heavy (non-hydrogen) atoms. The molecule has 0 spiro atoms. The van der Waals surface area contributed by atoms with Crippen LogP contribution in [0.1, 0.15) is 21.5 Å². The summed E-state index contributed by atoms with van der Waals surface area (Å²) in [5.74, 6) is 0.256. The molecule has 4 aromatic rings. The first-order valence-electron chi connectivity index (χ1n) is 12.6. The van der Waals surface area contributed by atoms with E-state index in [0.717, 1.165) is 22.1 Å². The summed E-state index contributed by atoms with van der Waals surface area (Å²) in [6.07, 6.45) is 0.843. The van der Waals surface area contributed by atoms with Crippen molar-refractivity contribution in [3.63, 3.8) is 0 Å². The lowest BCUT2D eigenvalue weighted by molar-refractivity contribution is 0.0698. The van der Waals surface area contributed by atoms with E-state index in [2.05, 4.69) is 12.1 Å². The molecule has 2 heterocycles. The molecule has 0 radical (unpaired) electrons. The SMILES string of the molecule is CN(CCc1ccccc1)C(=N)c1ccc(C(=O)N2CCN(S(=O)(=O)c3cc4ccc(Cl)cc4s3)CC2)cc1. The molecule has 7 nitrogen and oxygen atoms in total. The number of fused-ring (bicyclic) bond motifs is 1. The number of piperazine rings is 1. The summed E-state index contributed by atoms with van der Waals surface area (Å²) in [5, 5.41) is 9.95. The molecule has 1 aliphatic heterocycles. The van der Waals surface area contributed by atoms with Gasteiger partial charge in [-0.15, -0.1) is 11.3 Å². The Bertz CT molecular complexity index is 1600. The van der Waals surface area contributed by atoms with Gasteiger partial charge in [-0.25, -0.2) is 8.42 Å². The maximum atomic E-state index is 13.2. The lowest BCUT2D eigenvalue weighted by Gasteiger charge is -2.33. The fourth-order valence-electron chi connectivity index (χ4n) is 4.59. The van der Waals surface area contributed by atoms with Crippen LogP contribution in [0.5, 0.6) is 0 Å². The molecule has 0 atom stereocenters. The average Bonchev–Trinajstić information content (AvgIpc) is 3.40. The van der Waals surface area contributed by atoms with Crippen molar-refractivity contribution in [1.29, 1.82) is 5.41 Å². The summed E-state index contributed by atoms with van der Waals surface area (Å²) in [7, 11) is -1.76. The minimum Gasteiger partial charge on any atom is -0.359 e. The van der Waals surface area contributed by atoms with E-state index < -0.39 is 10.0 Å². The molecule has 1 fully saturated rings. The quantitative estimate of drug-likeness (QED) is 0.240. The Balaban J connectivity index is 1.17. The molecule has 0 aliphatic carbocycles. The Morgan fingerprint density at radius 1 is 0.949 bits per heavy atom. The largest absolute Gasteiger partial charge is 0.359 e. The monoisotopic (exact) mass is 580 g/mol. The van der Waals surface area contributed by atoms with Gasteiger partial charge >= 0.3 is 0 Å². The second kappa shape index (κ2) is 11.5. The van der Waals surface area contributed by atoms with Gasteiger partial charge < -0.3 is 9.80 Å². The van der Waals surface area contributed by atoms with E-state index in [1.807, 2.05) is 36.2 Å². The summed E-state index contributed by atoms with van der Waals surface area (Å²) in [4.78, 5) is 16.7. The third-order valence-electron chi connectivity index (χ3n) is 6.95. The molecule has 3 aromatic carbocycles. The van der Waals surface area contributed by atoms with Gasteiger partial charge in [-0.05, 0) is 47.7 Å². The Kier molecular flexibility index (Phi) is 8.04. The number of benzene rings is 3. The van der Waals surface area contributed by atoms with E-state index in [1.165, 1.54) is 21.2 Å². The molecule has 10 heteroatoms. The number of rotatable bonds is 7. The van der Waals surface area contributed by atoms with E-state index >= 15 is 0 Å². The Morgan fingerprint density at radius 2 is 1.62 bits per heavy atom. The molecule has 1 aromatic heterocycles. The van der Waals surface area contributed by atoms with Gasteiger partial charge in [0.1, 0.15) is 10.0 Å². The van der Waals surface area contributed by atoms with Gasteiger partial charge in [-0.3, -0.25) is 10.2 Å². The summed E-state index contributed by atoms with van der Waals surface area (Å²) in [6, 6.07) is 24.3. The summed E-state index contributed by atoms with van der Waals surface area (Å²) in [5.41, 5.74) is 2.48. The van der Waals surface area contributed by atoms with Crippen LogP contribution in [0.3, 0.4) is 0 Å². The second-order valence-electron chi connectivity index (χ2n) is 9.53. The van der Waals surface area contributed by atoms with Crippen LogP contribution in [0.2, 0.25) is 5.02 Å². The first-order valence-corrected chi connectivity index (χ1v) is 15.3. The van der Waals surface area contributed by atoms with Gasteiger partial charge in [0, 0.05) is 60.6 Å². The van der Waals surface area contributed by atoms with Crippen molar-refractivity contribution in [3.8, 4) is 0 Å². The first-order chi connectivity index (χ1) is 18.7. The summed E-state index contributed by atoms with van der Waals surface area (Å²) < 4.78 is 29.0. The molecule has 1 aliphatic rings. The van der Waals surface area contributed by atoms with E-state index in [0.29, 0.717) is 36.1 Å². The lowest BCUT2D eigenvalue weighted by atomic mass is 10.1. The first kappa shape index (κ1) is 27.3. The molecule has 1 N–H and O–H groups in total. The minimum absolute atomic E-state index is 0.140. The molecule has 1 saturated heterocycles. The van der Waals surface area contributed by atoms with E-state index in [9.17, 15) is 13.2 Å². The highest BCUT2D eigenvalue weighted by Crippen LogP contribution is 2.33. The van der Waals surface area contributed by atoms with Gasteiger partial charge in [-0.1, -0.05) is 60.1 Å². The standard InChI is InChI=1S/C29H29ClN4O3S2/c1-32(14-13-21-5-3-2-4-6-21)28(31)22-7-9-23(10-8-22)29(35)33-15-17-34(18-16-33)39(36,37)27-19-24-11-12-25(30)20-26(24)38-27/h2-12,19-20,31H,13-18H2,1H3. The highest BCUT2D eigenvalue weighted by Gasteiger charge is 2.31. The zero-order valence-corrected chi connectivity index (χ0v) is 23.9. The number of hydrogen-bond donors (Lipinski definition) is 1. The zero-order valence-electron chi connectivity index (χ0n) is 21.5. The average molecular weight is 581 g/mol. The Hall–Kier alpha value is -3.24. The second-order valence-corrected chi connectivity index (χ2v) is 13.2. The number of carbonyl (C=O) groups is 1. The van der Waals surface area contributed by atoms with E-state index in [1.54, 1.807) is 47.4 Å². The fraction of sp³-hybridized carbons (Fsp3) is 0.241. The zero-order chi connectivity index (χ0) is 27.6. The number of amides is 1. The number of halogens is 1. The minimum atomic E-state index is -3.65. The van der Waals surface area contributed by atoms with Gasteiger partial charge in [0.25, 0.3) is 15.9 Å². The highest BCUT2D eigenvalue weighted by molar-refractivity contribution is 7.91. The molecule has 0 saturated carbocycles. The number of likely N-dealkylation sites (N-methyl/N-ethyl adjacent to an activating group) is 1. The van der Waals surface area contributed by atoms with Crippen LogP contribution in [0.15, 0.2) is 83.1 Å². The topological polar surface area (TPSA) is 84.8 Å². The van der Waals surface area contributed by atoms with E-state index in [-0.39, 0.29) is 23.2 Å². The number of thiophene rings is 1. The van der Waals surface area contributed by atoms with Crippen molar-refractivity contribution in [1.82, 2.24) is 14.1 Å². The van der Waals surface area contributed by atoms with Crippen LogP contribution < -0.4 is 0 Å². The number of nitrogens with one attached hydrogen (secondary N) is 1. The molecule has 202 valence electrons.